The Morgan fingerprint density at radius 3 is 2.27 bits per heavy atom. The van der Waals surface area contributed by atoms with Gasteiger partial charge in [0.25, 0.3) is 0 Å². The molecule has 0 saturated carbocycles. The molecule has 0 N–H and O–H groups in total. The molecule has 41 heavy (non-hydrogen) atoms. The summed E-state index contributed by atoms with van der Waals surface area (Å²) in [5, 5.41) is 9.51. The standard InChI is InChI=1S/C28H45NO9S3/c1-7-40-27(39)41-28(6,18-29)11-10-23(32)9-8-12-33-13-14-34-15-16-35-26-20(3)19(2)25(37-22(5)31)24(38-26)17-36-21(4)30/h19-20,24-26H,7-17H2,1-6H3/t19-,20?,24?,25-,26-,28?/m1/s1. The molecule has 1 aliphatic heterocycles. The van der Waals surface area contributed by atoms with E-state index in [1.807, 2.05) is 27.7 Å². The van der Waals surface area contributed by atoms with E-state index in [9.17, 15) is 19.6 Å². The van der Waals surface area contributed by atoms with Crippen molar-refractivity contribution in [2.24, 2.45) is 11.8 Å². The lowest BCUT2D eigenvalue weighted by molar-refractivity contribution is -0.275. The van der Waals surface area contributed by atoms with Gasteiger partial charge in [0, 0.05) is 45.1 Å². The molecule has 3 unspecified atom stereocenters. The highest BCUT2D eigenvalue weighted by Crippen LogP contribution is 2.35. The summed E-state index contributed by atoms with van der Waals surface area (Å²) in [5.41, 5.74) is 0. The van der Waals surface area contributed by atoms with Gasteiger partial charge < -0.3 is 28.4 Å². The van der Waals surface area contributed by atoms with E-state index in [2.05, 4.69) is 6.07 Å². The van der Waals surface area contributed by atoms with Crippen LogP contribution < -0.4 is 0 Å². The van der Waals surface area contributed by atoms with Crippen molar-refractivity contribution in [1.82, 2.24) is 0 Å². The molecule has 0 radical (unpaired) electrons. The Labute approximate surface area is 258 Å². The Morgan fingerprint density at radius 1 is 1.00 bits per heavy atom. The second kappa shape index (κ2) is 20.6. The van der Waals surface area contributed by atoms with Gasteiger partial charge in [-0.1, -0.05) is 44.8 Å². The van der Waals surface area contributed by atoms with Gasteiger partial charge in [-0.2, -0.15) is 5.26 Å². The van der Waals surface area contributed by atoms with Crippen LogP contribution >= 0.6 is 35.7 Å². The molecule has 1 saturated heterocycles. The SMILES string of the molecule is CCSC(=S)SC(C)(C#N)CCC(=O)CCCOCCOCCO[C@@H]1OC(COC(C)=O)[C@H](OC(C)=O)[C@H](C)C1C. The van der Waals surface area contributed by atoms with Crippen molar-refractivity contribution in [3.8, 4) is 6.07 Å². The average molecular weight is 636 g/mol. The van der Waals surface area contributed by atoms with Crippen LogP contribution in [0.25, 0.3) is 0 Å². The summed E-state index contributed by atoms with van der Waals surface area (Å²) >= 11 is 8.19. The number of ketones is 1. The van der Waals surface area contributed by atoms with Crippen molar-refractivity contribution in [3.63, 3.8) is 0 Å². The minimum atomic E-state index is -0.691. The van der Waals surface area contributed by atoms with Crippen molar-refractivity contribution in [2.45, 2.75) is 90.5 Å². The molecule has 0 amide bonds. The summed E-state index contributed by atoms with van der Waals surface area (Å²) in [4.78, 5) is 35.1. The van der Waals surface area contributed by atoms with Crippen molar-refractivity contribution < 1.29 is 42.8 Å². The molecule has 10 nitrogen and oxygen atoms in total. The highest BCUT2D eigenvalue weighted by Gasteiger charge is 2.44. The number of hydrogen-bond acceptors (Lipinski definition) is 13. The average Bonchev–Trinajstić information content (AvgIpc) is 2.91. The summed E-state index contributed by atoms with van der Waals surface area (Å²) < 4.78 is 33.6. The van der Waals surface area contributed by atoms with Crippen LogP contribution in [0.3, 0.4) is 0 Å². The minimum Gasteiger partial charge on any atom is -0.463 e. The van der Waals surface area contributed by atoms with Gasteiger partial charge in [-0.25, -0.2) is 0 Å². The third-order valence-corrected chi connectivity index (χ3v) is 9.16. The molecule has 1 aliphatic rings. The van der Waals surface area contributed by atoms with E-state index in [0.717, 1.165) is 9.28 Å². The highest BCUT2D eigenvalue weighted by atomic mass is 32.2. The smallest absolute Gasteiger partial charge is 0.303 e. The van der Waals surface area contributed by atoms with E-state index in [4.69, 9.17) is 40.6 Å². The van der Waals surface area contributed by atoms with E-state index in [1.165, 1.54) is 37.4 Å². The molecule has 1 heterocycles. The molecular formula is C28H45NO9S3. The van der Waals surface area contributed by atoms with Crippen LogP contribution in [0.4, 0.5) is 0 Å². The first-order valence-electron chi connectivity index (χ1n) is 13.9. The highest BCUT2D eigenvalue weighted by molar-refractivity contribution is 8.47. The molecule has 0 aliphatic carbocycles. The predicted molar refractivity (Wildman–Crippen MR) is 163 cm³/mol. The second-order valence-corrected chi connectivity index (χ2v) is 14.0. The number of nitriles is 1. The first-order valence-corrected chi connectivity index (χ1v) is 16.1. The maximum Gasteiger partial charge on any atom is 0.303 e. The van der Waals surface area contributed by atoms with Crippen LogP contribution in [-0.2, 0) is 42.8 Å². The Balaban J connectivity index is 2.22. The third kappa shape index (κ3) is 15.7. The van der Waals surface area contributed by atoms with Gasteiger partial charge in [-0.05, 0) is 25.5 Å². The van der Waals surface area contributed by atoms with Crippen LogP contribution in [0.2, 0.25) is 0 Å². The second-order valence-electron chi connectivity index (χ2n) is 10.0. The number of carbonyl (C=O) groups is 3. The number of ether oxygens (including phenoxy) is 6. The van der Waals surface area contributed by atoms with Gasteiger partial charge in [0.05, 0.1) is 32.5 Å². The molecule has 13 heteroatoms. The normalized spacial score (nSPS) is 23.7. The number of rotatable bonds is 19. The fourth-order valence-corrected chi connectivity index (χ4v) is 6.94. The maximum absolute atomic E-state index is 12.2. The molecule has 0 aromatic carbocycles. The molecule has 0 aromatic rings. The summed E-state index contributed by atoms with van der Waals surface area (Å²) in [6.07, 6.45) is 0.0954. The van der Waals surface area contributed by atoms with Gasteiger partial charge in [-0.3, -0.25) is 14.4 Å². The van der Waals surface area contributed by atoms with Crippen LogP contribution in [0.15, 0.2) is 0 Å². The van der Waals surface area contributed by atoms with E-state index in [-0.39, 0.29) is 30.8 Å². The Bertz CT molecular complexity index is 884. The van der Waals surface area contributed by atoms with E-state index in [1.54, 1.807) is 0 Å². The number of hydrogen-bond donors (Lipinski definition) is 0. The number of esters is 2. The minimum absolute atomic E-state index is 0.0329. The first-order chi connectivity index (χ1) is 19.4. The summed E-state index contributed by atoms with van der Waals surface area (Å²) in [5.74, 6) is -0.0312. The number of thiocarbonyl (C=S) groups is 1. The van der Waals surface area contributed by atoms with Crippen LogP contribution in [0, 0.1) is 23.2 Å². The maximum atomic E-state index is 12.2. The van der Waals surface area contributed by atoms with E-state index >= 15 is 0 Å². The van der Waals surface area contributed by atoms with Gasteiger partial charge in [-0.15, -0.1) is 11.8 Å². The molecule has 1 fully saturated rings. The summed E-state index contributed by atoms with van der Waals surface area (Å²) in [6, 6.07) is 2.29. The fraction of sp³-hybridized carbons (Fsp3) is 0.821. The number of Topliss-reactive ketones (excluding diaryl/α,β-unsaturated/α-hetero) is 1. The zero-order valence-corrected chi connectivity index (χ0v) is 27.5. The molecule has 0 bridgehead atoms. The van der Waals surface area contributed by atoms with Crippen molar-refractivity contribution in [3.05, 3.63) is 0 Å². The van der Waals surface area contributed by atoms with Crippen LogP contribution in [0.1, 0.15) is 67.2 Å². The molecular weight excluding hydrogens is 591 g/mol. The number of nitrogens with zero attached hydrogens (tertiary/aromatic N) is 1. The topological polar surface area (TPSA) is 130 Å². The van der Waals surface area contributed by atoms with Crippen LogP contribution in [0.5, 0.6) is 0 Å². The van der Waals surface area contributed by atoms with Gasteiger partial charge in [0.1, 0.15) is 32.9 Å². The van der Waals surface area contributed by atoms with Gasteiger partial charge >= 0.3 is 11.9 Å². The van der Waals surface area contributed by atoms with E-state index < -0.39 is 35.2 Å². The summed E-state index contributed by atoms with van der Waals surface area (Å²) in [7, 11) is 0. The molecule has 0 aromatic heterocycles. The third-order valence-electron chi connectivity index (χ3n) is 6.52. The largest absolute Gasteiger partial charge is 0.463 e. The number of thioether (sulfide) groups is 2. The zero-order chi connectivity index (χ0) is 30.8. The lowest BCUT2D eigenvalue weighted by atomic mass is 9.84. The van der Waals surface area contributed by atoms with Crippen molar-refractivity contribution in [1.29, 1.82) is 5.26 Å². The van der Waals surface area contributed by atoms with Crippen molar-refractivity contribution >= 4 is 57.0 Å². The summed E-state index contributed by atoms with van der Waals surface area (Å²) in [6.45, 7) is 12.2. The molecule has 6 atom stereocenters. The van der Waals surface area contributed by atoms with E-state index in [0.29, 0.717) is 52.1 Å². The fourth-order valence-electron chi connectivity index (χ4n) is 4.04. The van der Waals surface area contributed by atoms with Crippen molar-refractivity contribution in [2.75, 3.05) is 45.4 Å². The van der Waals surface area contributed by atoms with Crippen LogP contribution in [-0.4, -0.2) is 89.9 Å². The first kappa shape index (κ1) is 37.8. The zero-order valence-electron chi connectivity index (χ0n) is 25.0. The Morgan fingerprint density at radius 2 is 1.66 bits per heavy atom. The lowest BCUT2D eigenvalue weighted by Crippen LogP contribution is -2.53. The van der Waals surface area contributed by atoms with Gasteiger partial charge in [0.2, 0.25) is 0 Å². The lowest BCUT2D eigenvalue weighted by Gasteiger charge is -2.43. The monoisotopic (exact) mass is 635 g/mol. The Kier molecular flexibility index (Phi) is 19.0. The number of carbonyl (C=O) groups excluding carboxylic acids is 3. The quantitative estimate of drug-likeness (QED) is 0.110. The molecule has 0 spiro atoms. The molecule has 234 valence electrons. The molecule has 1 rings (SSSR count). The van der Waals surface area contributed by atoms with Gasteiger partial charge in [0.15, 0.2) is 6.29 Å². The predicted octanol–water partition coefficient (Wildman–Crippen LogP) is 4.71. The Hall–Kier alpha value is -1.27.